The van der Waals surface area contributed by atoms with E-state index in [-0.39, 0.29) is 37.2 Å². The van der Waals surface area contributed by atoms with Crippen LogP contribution in [0.5, 0.6) is 0 Å². The molecule has 6 nitrogen and oxygen atoms in total. The van der Waals surface area contributed by atoms with Crippen LogP contribution >= 0.6 is 0 Å². The number of nitrogens with zero attached hydrogens (tertiary/aromatic N) is 2. The Morgan fingerprint density at radius 1 is 1.04 bits per heavy atom. The first-order chi connectivity index (χ1) is 11.9. The molecule has 0 saturated carbocycles. The first-order valence-corrected chi connectivity index (χ1v) is 8.46. The Labute approximate surface area is 145 Å². The smallest absolute Gasteiger partial charge is 0.343 e. The Hall–Kier alpha value is -2.44. The van der Waals surface area contributed by atoms with Crippen molar-refractivity contribution in [3.8, 4) is 0 Å². The number of amides is 2. The summed E-state index contributed by atoms with van der Waals surface area (Å²) >= 11 is 0. The van der Waals surface area contributed by atoms with Gasteiger partial charge in [0.1, 0.15) is 0 Å². The van der Waals surface area contributed by atoms with Gasteiger partial charge in [0.2, 0.25) is 11.6 Å². The van der Waals surface area contributed by atoms with E-state index in [9.17, 15) is 18.8 Å². The lowest BCUT2D eigenvalue weighted by molar-refractivity contribution is -0.150. The molecule has 0 aliphatic carbocycles. The summed E-state index contributed by atoms with van der Waals surface area (Å²) in [5, 5.41) is 8.93. The Balaban J connectivity index is 1.55. The molecule has 2 aliphatic heterocycles. The monoisotopic (exact) mass is 348 g/mol. The van der Waals surface area contributed by atoms with Crippen LogP contribution in [0.15, 0.2) is 30.3 Å². The van der Waals surface area contributed by atoms with Gasteiger partial charge in [0.25, 0.3) is 5.91 Å². The van der Waals surface area contributed by atoms with Gasteiger partial charge in [-0.2, -0.15) is 0 Å². The van der Waals surface area contributed by atoms with Crippen molar-refractivity contribution < 1.29 is 23.9 Å². The van der Waals surface area contributed by atoms with Crippen molar-refractivity contribution in [2.24, 2.45) is 5.92 Å². The highest BCUT2D eigenvalue weighted by Gasteiger charge is 2.47. The minimum Gasteiger partial charge on any atom is -0.479 e. The third-order valence-electron chi connectivity index (χ3n) is 5.07. The zero-order chi connectivity index (χ0) is 18.0. The fraction of sp³-hybridized carbons (Fsp3) is 0.500. The third kappa shape index (κ3) is 3.50. The maximum absolute atomic E-state index is 14.1. The van der Waals surface area contributed by atoms with Crippen LogP contribution in [-0.2, 0) is 9.59 Å². The quantitative estimate of drug-likeness (QED) is 0.899. The predicted octanol–water partition coefficient (Wildman–Crippen LogP) is 1.56. The van der Waals surface area contributed by atoms with Crippen LogP contribution in [0.25, 0.3) is 0 Å². The first kappa shape index (κ1) is 17.4. The first-order valence-electron chi connectivity index (χ1n) is 8.46. The van der Waals surface area contributed by atoms with E-state index in [1.54, 1.807) is 17.0 Å². The summed E-state index contributed by atoms with van der Waals surface area (Å²) in [6, 6.07) is 8.98. The second kappa shape index (κ2) is 6.82. The number of carboxylic acids is 1. The highest BCUT2D eigenvalue weighted by molar-refractivity contribution is 5.94. The van der Waals surface area contributed by atoms with E-state index in [4.69, 9.17) is 5.11 Å². The van der Waals surface area contributed by atoms with Crippen LogP contribution in [0.4, 0.5) is 4.39 Å². The molecular formula is C18H21FN2O4. The van der Waals surface area contributed by atoms with Gasteiger partial charge in [-0.3, -0.25) is 9.59 Å². The molecule has 2 fully saturated rings. The second-order valence-electron chi connectivity index (χ2n) is 6.71. The Morgan fingerprint density at radius 2 is 1.68 bits per heavy atom. The van der Waals surface area contributed by atoms with E-state index in [0.717, 1.165) is 0 Å². The third-order valence-corrected chi connectivity index (χ3v) is 5.07. The number of carboxylic acid groups (broad SMARTS) is 1. The van der Waals surface area contributed by atoms with Gasteiger partial charge in [-0.1, -0.05) is 18.2 Å². The van der Waals surface area contributed by atoms with Gasteiger partial charge >= 0.3 is 5.97 Å². The van der Waals surface area contributed by atoms with Crippen molar-refractivity contribution in [3.63, 3.8) is 0 Å². The fourth-order valence-corrected chi connectivity index (χ4v) is 3.49. The van der Waals surface area contributed by atoms with Gasteiger partial charge < -0.3 is 14.9 Å². The molecule has 2 saturated heterocycles. The Kier molecular flexibility index (Phi) is 4.74. The highest BCUT2D eigenvalue weighted by Crippen LogP contribution is 2.29. The molecule has 1 unspecified atom stereocenters. The van der Waals surface area contributed by atoms with Crippen molar-refractivity contribution in [2.75, 3.05) is 26.2 Å². The molecule has 2 amide bonds. The molecule has 0 aromatic heterocycles. The number of benzene rings is 1. The molecule has 0 bridgehead atoms. The van der Waals surface area contributed by atoms with Crippen LogP contribution in [0.2, 0.25) is 0 Å². The van der Waals surface area contributed by atoms with Gasteiger partial charge in [-0.15, -0.1) is 0 Å². The normalized spacial score (nSPS) is 24.4. The minimum atomic E-state index is -2.33. The summed E-state index contributed by atoms with van der Waals surface area (Å²) in [7, 11) is 0. The highest BCUT2D eigenvalue weighted by atomic mass is 19.1. The van der Waals surface area contributed by atoms with Crippen molar-refractivity contribution in [1.29, 1.82) is 0 Å². The van der Waals surface area contributed by atoms with Crippen LogP contribution in [0.1, 0.15) is 29.6 Å². The lowest BCUT2D eigenvalue weighted by Crippen LogP contribution is -2.45. The molecule has 1 atom stereocenters. The van der Waals surface area contributed by atoms with Crippen molar-refractivity contribution in [3.05, 3.63) is 35.9 Å². The second-order valence-corrected chi connectivity index (χ2v) is 6.71. The summed E-state index contributed by atoms with van der Waals surface area (Å²) in [5.74, 6) is -2.05. The summed E-state index contributed by atoms with van der Waals surface area (Å²) in [4.78, 5) is 38.9. The number of carbonyl (C=O) groups is 3. The van der Waals surface area contributed by atoms with Gasteiger partial charge in [-0.05, 0) is 25.0 Å². The summed E-state index contributed by atoms with van der Waals surface area (Å²) in [6.45, 7) is 0.685. The molecule has 1 aromatic carbocycles. The summed E-state index contributed by atoms with van der Waals surface area (Å²) in [6.07, 6.45) is 0.861. The molecule has 25 heavy (non-hydrogen) atoms. The van der Waals surface area contributed by atoms with E-state index >= 15 is 0 Å². The maximum atomic E-state index is 14.1. The minimum absolute atomic E-state index is 0.0543. The van der Waals surface area contributed by atoms with Gasteiger partial charge in [0, 0.05) is 37.5 Å². The number of hydrogen-bond donors (Lipinski definition) is 1. The molecule has 2 aliphatic rings. The molecule has 0 spiro atoms. The number of carbonyl (C=O) groups excluding carboxylic acids is 2. The van der Waals surface area contributed by atoms with Crippen LogP contribution in [-0.4, -0.2) is 64.5 Å². The Bertz CT molecular complexity index is 673. The van der Waals surface area contributed by atoms with Gasteiger partial charge in [0.05, 0.1) is 6.54 Å². The topological polar surface area (TPSA) is 77.9 Å². The average Bonchev–Trinajstić information content (AvgIpc) is 3.05. The lowest BCUT2D eigenvalue weighted by Gasteiger charge is -2.33. The summed E-state index contributed by atoms with van der Waals surface area (Å²) < 4.78 is 14.1. The lowest BCUT2D eigenvalue weighted by atomic mass is 9.94. The van der Waals surface area contributed by atoms with E-state index in [0.29, 0.717) is 31.5 Å². The van der Waals surface area contributed by atoms with Crippen molar-refractivity contribution >= 4 is 17.8 Å². The zero-order valence-corrected chi connectivity index (χ0v) is 13.9. The number of rotatable bonds is 3. The van der Waals surface area contributed by atoms with E-state index in [2.05, 4.69) is 0 Å². The van der Waals surface area contributed by atoms with Gasteiger partial charge in [-0.25, -0.2) is 9.18 Å². The van der Waals surface area contributed by atoms with Crippen molar-refractivity contribution in [1.82, 2.24) is 9.80 Å². The molecular weight excluding hydrogens is 327 g/mol. The fourth-order valence-electron chi connectivity index (χ4n) is 3.49. The molecule has 0 radical (unpaired) electrons. The molecule has 7 heteroatoms. The summed E-state index contributed by atoms with van der Waals surface area (Å²) in [5.41, 5.74) is -1.71. The number of alkyl halides is 1. The van der Waals surface area contributed by atoms with Gasteiger partial charge in [0.15, 0.2) is 0 Å². The molecule has 1 aromatic rings. The van der Waals surface area contributed by atoms with E-state index in [1.807, 2.05) is 18.2 Å². The number of halogens is 1. The average molecular weight is 348 g/mol. The predicted molar refractivity (Wildman–Crippen MR) is 87.7 cm³/mol. The number of piperidine rings is 1. The zero-order valence-electron chi connectivity index (χ0n) is 13.9. The van der Waals surface area contributed by atoms with E-state index < -0.39 is 11.6 Å². The number of likely N-dealkylation sites (tertiary alicyclic amines) is 2. The SMILES string of the molecule is O=C(c1ccccc1)N1CCC(C(=O)N2CCC(F)(C(=O)O)C2)CC1. The van der Waals surface area contributed by atoms with Crippen LogP contribution in [0, 0.1) is 5.92 Å². The number of hydrogen-bond acceptors (Lipinski definition) is 3. The van der Waals surface area contributed by atoms with E-state index in [1.165, 1.54) is 4.90 Å². The van der Waals surface area contributed by atoms with Crippen LogP contribution in [0.3, 0.4) is 0 Å². The molecule has 2 heterocycles. The Morgan fingerprint density at radius 3 is 2.24 bits per heavy atom. The maximum Gasteiger partial charge on any atom is 0.343 e. The van der Waals surface area contributed by atoms with Crippen molar-refractivity contribution in [2.45, 2.75) is 24.9 Å². The largest absolute Gasteiger partial charge is 0.479 e. The number of aliphatic carboxylic acids is 1. The molecule has 134 valence electrons. The standard InChI is InChI=1S/C18H21FN2O4/c19-18(17(24)25)8-11-21(12-18)16(23)14-6-9-20(10-7-14)15(22)13-4-2-1-3-5-13/h1-5,14H,6-12H2,(H,24,25). The molecule has 3 rings (SSSR count). The molecule has 1 N–H and O–H groups in total. The van der Waals surface area contributed by atoms with Crippen LogP contribution < -0.4 is 0 Å².